The quantitative estimate of drug-likeness (QED) is 0.350. The number of amides is 2. The van der Waals surface area contributed by atoms with Crippen LogP contribution in [0.1, 0.15) is 26.3 Å². The molecule has 0 radical (unpaired) electrons. The van der Waals surface area contributed by atoms with Gasteiger partial charge in [-0.2, -0.15) is 0 Å². The van der Waals surface area contributed by atoms with E-state index in [4.69, 9.17) is 4.74 Å². The van der Waals surface area contributed by atoms with E-state index in [1.807, 2.05) is 54.8 Å². The van der Waals surface area contributed by atoms with Crippen LogP contribution in [0.2, 0.25) is 0 Å². The first-order valence-corrected chi connectivity index (χ1v) is 12.9. The van der Waals surface area contributed by atoms with Crippen LogP contribution in [0.3, 0.4) is 0 Å². The SMILES string of the molecule is CC(C)(C)C(=O)N1CCN(c2ccc(NC(=O)/C=C/c3ccc(N4CCOCC4)c([N+](=O)[O-])c3)cc2)CC1. The monoisotopic (exact) mass is 521 g/mol. The third-order valence-corrected chi connectivity index (χ3v) is 6.68. The summed E-state index contributed by atoms with van der Waals surface area (Å²) in [6.07, 6.45) is 2.94. The third-order valence-electron chi connectivity index (χ3n) is 6.68. The fourth-order valence-corrected chi connectivity index (χ4v) is 4.62. The molecule has 2 heterocycles. The van der Waals surface area contributed by atoms with Crippen molar-refractivity contribution in [3.8, 4) is 0 Å². The summed E-state index contributed by atoms with van der Waals surface area (Å²) in [6.45, 7) is 11.0. The lowest BCUT2D eigenvalue weighted by molar-refractivity contribution is -0.384. The van der Waals surface area contributed by atoms with Crippen LogP contribution in [0.25, 0.3) is 6.08 Å². The topological polar surface area (TPSA) is 108 Å². The number of piperazine rings is 1. The largest absolute Gasteiger partial charge is 0.378 e. The van der Waals surface area contributed by atoms with Gasteiger partial charge in [-0.25, -0.2) is 0 Å². The zero-order valence-corrected chi connectivity index (χ0v) is 22.2. The van der Waals surface area contributed by atoms with E-state index >= 15 is 0 Å². The molecule has 2 amide bonds. The van der Waals surface area contributed by atoms with Crippen molar-refractivity contribution in [2.75, 3.05) is 67.6 Å². The molecule has 4 rings (SSSR count). The predicted octanol–water partition coefficient (Wildman–Crippen LogP) is 3.78. The molecule has 0 aromatic heterocycles. The molecule has 10 heteroatoms. The van der Waals surface area contributed by atoms with Crippen molar-refractivity contribution in [3.05, 3.63) is 64.2 Å². The highest BCUT2D eigenvalue weighted by atomic mass is 16.6. The number of rotatable bonds is 6. The minimum absolute atomic E-state index is 0.00801. The summed E-state index contributed by atoms with van der Waals surface area (Å²) in [6, 6.07) is 12.6. The van der Waals surface area contributed by atoms with E-state index in [0.29, 0.717) is 56.3 Å². The highest BCUT2D eigenvalue weighted by Crippen LogP contribution is 2.30. The van der Waals surface area contributed by atoms with Crippen molar-refractivity contribution in [1.29, 1.82) is 0 Å². The number of nitro groups is 1. The van der Waals surface area contributed by atoms with Crippen molar-refractivity contribution in [3.63, 3.8) is 0 Å². The molecule has 0 bridgehead atoms. The molecule has 2 aliphatic rings. The second-order valence-electron chi connectivity index (χ2n) is 10.5. The summed E-state index contributed by atoms with van der Waals surface area (Å²) in [5, 5.41) is 14.5. The molecule has 2 saturated heterocycles. The lowest BCUT2D eigenvalue weighted by Crippen LogP contribution is -2.51. The lowest BCUT2D eigenvalue weighted by Gasteiger charge is -2.38. The second-order valence-corrected chi connectivity index (χ2v) is 10.5. The maximum atomic E-state index is 12.5. The van der Waals surface area contributed by atoms with Gasteiger partial charge in [-0.1, -0.05) is 26.8 Å². The number of nitrogens with one attached hydrogen (secondary N) is 1. The summed E-state index contributed by atoms with van der Waals surface area (Å²) < 4.78 is 5.34. The first kappa shape index (κ1) is 27.1. The number of morpholine rings is 1. The van der Waals surface area contributed by atoms with E-state index in [2.05, 4.69) is 10.2 Å². The second kappa shape index (κ2) is 11.6. The van der Waals surface area contributed by atoms with Crippen molar-refractivity contribution < 1.29 is 19.2 Å². The van der Waals surface area contributed by atoms with E-state index in [-0.39, 0.29) is 22.9 Å². The number of benzene rings is 2. The minimum Gasteiger partial charge on any atom is -0.378 e. The molecule has 2 aromatic carbocycles. The minimum atomic E-state index is -0.397. The van der Waals surface area contributed by atoms with Gasteiger partial charge in [0.25, 0.3) is 5.69 Å². The van der Waals surface area contributed by atoms with Crippen molar-refractivity contribution in [1.82, 2.24) is 4.90 Å². The summed E-state index contributed by atoms with van der Waals surface area (Å²) in [5.74, 6) is -0.155. The van der Waals surface area contributed by atoms with Crippen LogP contribution in [0.5, 0.6) is 0 Å². The van der Waals surface area contributed by atoms with Crippen LogP contribution >= 0.6 is 0 Å². The van der Waals surface area contributed by atoms with E-state index in [9.17, 15) is 19.7 Å². The van der Waals surface area contributed by atoms with Gasteiger partial charge in [0.05, 0.1) is 18.1 Å². The molecular weight excluding hydrogens is 486 g/mol. The Morgan fingerprint density at radius 1 is 0.947 bits per heavy atom. The number of nitro benzene ring substituents is 1. The van der Waals surface area contributed by atoms with Crippen LogP contribution in [-0.4, -0.2) is 74.1 Å². The van der Waals surface area contributed by atoms with Gasteiger partial charge in [-0.3, -0.25) is 19.7 Å². The van der Waals surface area contributed by atoms with Crippen molar-refractivity contribution >= 4 is 40.6 Å². The van der Waals surface area contributed by atoms with Crippen molar-refractivity contribution in [2.45, 2.75) is 20.8 Å². The molecule has 1 N–H and O–H groups in total. The van der Waals surface area contributed by atoms with Gasteiger partial charge in [0.15, 0.2) is 0 Å². The van der Waals surface area contributed by atoms with Gasteiger partial charge < -0.3 is 24.8 Å². The number of hydrogen-bond donors (Lipinski definition) is 1. The van der Waals surface area contributed by atoms with Gasteiger partial charge in [-0.15, -0.1) is 0 Å². The van der Waals surface area contributed by atoms with Crippen LogP contribution in [-0.2, 0) is 14.3 Å². The maximum Gasteiger partial charge on any atom is 0.293 e. The third kappa shape index (κ3) is 6.69. The van der Waals surface area contributed by atoms with E-state index in [1.165, 1.54) is 12.1 Å². The number of anilines is 3. The molecule has 2 aromatic rings. The highest BCUT2D eigenvalue weighted by Gasteiger charge is 2.29. The Kier molecular flexibility index (Phi) is 8.31. The average Bonchev–Trinajstić information content (AvgIpc) is 2.92. The van der Waals surface area contributed by atoms with Gasteiger partial charge >= 0.3 is 0 Å². The van der Waals surface area contributed by atoms with E-state index < -0.39 is 4.92 Å². The van der Waals surface area contributed by atoms with Gasteiger partial charge in [0.1, 0.15) is 5.69 Å². The Morgan fingerprint density at radius 2 is 1.61 bits per heavy atom. The summed E-state index contributed by atoms with van der Waals surface area (Å²) >= 11 is 0. The molecule has 0 saturated carbocycles. The summed E-state index contributed by atoms with van der Waals surface area (Å²) in [4.78, 5) is 42.3. The molecule has 0 spiro atoms. The van der Waals surface area contributed by atoms with Gasteiger partial charge in [0, 0.05) is 68.2 Å². The van der Waals surface area contributed by atoms with Crippen LogP contribution in [0, 0.1) is 15.5 Å². The lowest BCUT2D eigenvalue weighted by atomic mass is 9.94. The Bertz CT molecular complexity index is 1190. The summed E-state index contributed by atoms with van der Waals surface area (Å²) in [7, 11) is 0. The molecular formula is C28H35N5O5. The zero-order valence-electron chi connectivity index (χ0n) is 22.2. The average molecular weight is 522 g/mol. The Balaban J connectivity index is 1.33. The molecule has 0 atom stereocenters. The zero-order chi connectivity index (χ0) is 27.3. The fourth-order valence-electron chi connectivity index (χ4n) is 4.62. The van der Waals surface area contributed by atoms with Gasteiger partial charge in [-0.05, 0) is 42.0 Å². The Labute approximate surface area is 223 Å². The number of ether oxygens (including phenoxy) is 1. The normalized spacial score (nSPS) is 16.6. The first-order chi connectivity index (χ1) is 18.1. The van der Waals surface area contributed by atoms with Gasteiger partial charge in [0.2, 0.25) is 11.8 Å². The van der Waals surface area contributed by atoms with Crippen LogP contribution in [0.15, 0.2) is 48.5 Å². The molecule has 2 fully saturated rings. The molecule has 10 nitrogen and oxygen atoms in total. The maximum absolute atomic E-state index is 12.5. The van der Waals surface area contributed by atoms with E-state index in [0.717, 1.165) is 18.8 Å². The predicted molar refractivity (Wildman–Crippen MR) is 148 cm³/mol. The molecule has 202 valence electrons. The fraction of sp³-hybridized carbons (Fsp3) is 0.429. The number of carbonyl (C=O) groups excluding carboxylic acids is 2. The first-order valence-electron chi connectivity index (χ1n) is 12.9. The standard InChI is InChI=1S/C28H35N5O5/c1-28(2,3)27(35)32-14-12-30(13-15-32)23-8-6-22(7-9-23)29-26(34)11-5-21-4-10-24(25(20-21)33(36)37)31-16-18-38-19-17-31/h4-11,20H,12-19H2,1-3H3,(H,29,34)/b11-5+. The van der Waals surface area contributed by atoms with E-state index in [1.54, 1.807) is 18.2 Å². The van der Waals surface area contributed by atoms with Crippen LogP contribution < -0.4 is 15.1 Å². The van der Waals surface area contributed by atoms with Crippen LogP contribution in [0.4, 0.5) is 22.7 Å². The smallest absolute Gasteiger partial charge is 0.293 e. The molecule has 38 heavy (non-hydrogen) atoms. The summed E-state index contributed by atoms with van der Waals surface area (Å²) in [5.41, 5.74) is 2.45. The molecule has 0 aliphatic carbocycles. The molecule has 2 aliphatic heterocycles. The number of hydrogen-bond acceptors (Lipinski definition) is 7. The number of nitrogens with zero attached hydrogens (tertiary/aromatic N) is 4. The van der Waals surface area contributed by atoms with Crippen molar-refractivity contribution in [2.24, 2.45) is 5.41 Å². The number of carbonyl (C=O) groups is 2. The Hall–Kier alpha value is -3.92. The Morgan fingerprint density at radius 3 is 2.21 bits per heavy atom. The highest BCUT2D eigenvalue weighted by molar-refractivity contribution is 6.02. The molecule has 0 unspecified atom stereocenters.